The Hall–Kier alpha value is -1.29. The molecule has 0 N–H and O–H groups in total. The summed E-state index contributed by atoms with van der Waals surface area (Å²) in [5.74, 6) is 0.769. The normalized spacial score (nSPS) is 16.6. The second kappa shape index (κ2) is 11.3. The Morgan fingerprint density at radius 2 is 1.64 bits per heavy atom. The molecule has 2 amide bonds. The number of rotatable bonds is 4. The highest BCUT2D eigenvalue weighted by Crippen LogP contribution is 2.29. The fourth-order valence-corrected chi connectivity index (χ4v) is 2.99. The summed E-state index contributed by atoms with van der Waals surface area (Å²) in [5.41, 5.74) is 1.81. The standard InChI is InChI=1S/C14H17NO2S.2C2H6/c1-3-8-18-12-9-13(16)15(14(12)17)11-6-4-10(2)5-7-11;2*1-2/h4-7,12H,3,8-9H2,1-2H3;2*1-2H3. The van der Waals surface area contributed by atoms with Gasteiger partial charge in [0.2, 0.25) is 11.8 Å². The number of nitrogens with zero attached hydrogens (tertiary/aromatic N) is 1. The Morgan fingerprint density at radius 1 is 1.09 bits per heavy atom. The summed E-state index contributed by atoms with van der Waals surface area (Å²) in [6.07, 6.45) is 1.35. The molecule has 0 bridgehead atoms. The van der Waals surface area contributed by atoms with Crippen LogP contribution in [-0.2, 0) is 9.59 Å². The van der Waals surface area contributed by atoms with Gasteiger partial charge in [-0.15, -0.1) is 11.8 Å². The van der Waals surface area contributed by atoms with E-state index in [-0.39, 0.29) is 17.1 Å². The molecule has 1 atom stereocenters. The maximum Gasteiger partial charge on any atom is 0.247 e. The van der Waals surface area contributed by atoms with Gasteiger partial charge in [-0.2, -0.15) is 0 Å². The molecule has 1 aliphatic heterocycles. The van der Waals surface area contributed by atoms with Gasteiger partial charge >= 0.3 is 0 Å². The highest BCUT2D eigenvalue weighted by molar-refractivity contribution is 8.00. The van der Waals surface area contributed by atoms with Gasteiger partial charge in [0.05, 0.1) is 10.9 Å². The van der Waals surface area contributed by atoms with Crippen molar-refractivity contribution in [2.45, 2.75) is 59.6 Å². The number of thioether (sulfide) groups is 1. The summed E-state index contributed by atoms with van der Waals surface area (Å²) in [7, 11) is 0. The van der Waals surface area contributed by atoms with E-state index in [0.29, 0.717) is 12.1 Å². The molecule has 4 heteroatoms. The predicted octanol–water partition coefficient (Wildman–Crippen LogP) is 4.82. The zero-order valence-corrected chi connectivity index (χ0v) is 15.5. The minimum atomic E-state index is -0.196. The zero-order valence-electron chi connectivity index (χ0n) is 14.7. The molecule has 22 heavy (non-hydrogen) atoms. The van der Waals surface area contributed by atoms with Crippen molar-refractivity contribution in [3.8, 4) is 0 Å². The topological polar surface area (TPSA) is 37.4 Å². The van der Waals surface area contributed by atoms with Crippen LogP contribution in [0.5, 0.6) is 0 Å². The van der Waals surface area contributed by atoms with Crippen LogP contribution in [-0.4, -0.2) is 22.8 Å². The van der Waals surface area contributed by atoms with E-state index in [1.807, 2.05) is 58.9 Å². The number of carbonyl (C=O) groups excluding carboxylic acids is 2. The molecule has 3 nitrogen and oxygen atoms in total. The van der Waals surface area contributed by atoms with E-state index in [4.69, 9.17) is 0 Å². The van der Waals surface area contributed by atoms with Crippen LogP contribution >= 0.6 is 11.8 Å². The van der Waals surface area contributed by atoms with Crippen molar-refractivity contribution in [3.05, 3.63) is 29.8 Å². The van der Waals surface area contributed by atoms with E-state index in [9.17, 15) is 9.59 Å². The van der Waals surface area contributed by atoms with Gasteiger partial charge in [0.25, 0.3) is 0 Å². The summed E-state index contributed by atoms with van der Waals surface area (Å²) in [5, 5.41) is -0.196. The van der Waals surface area contributed by atoms with E-state index in [1.165, 1.54) is 4.90 Å². The number of aryl methyl sites for hydroxylation is 1. The highest BCUT2D eigenvalue weighted by Gasteiger charge is 2.39. The summed E-state index contributed by atoms with van der Waals surface area (Å²) >= 11 is 1.59. The van der Waals surface area contributed by atoms with Crippen LogP contribution in [0.4, 0.5) is 5.69 Å². The van der Waals surface area contributed by atoms with Crippen molar-refractivity contribution >= 4 is 29.3 Å². The lowest BCUT2D eigenvalue weighted by Gasteiger charge is -2.15. The van der Waals surface area contributed by atoms with Crippen molar-refractivity contribution in [1.82, 2.24) is 0 Å². The van der Waals surface area contributed by atoms with Crippen LogP contribution in [0.1, 0.15) is 53.0 Å². The molecule has 124 valence electrons. The minimum Gasteiger partial charge on any atom is -0.274 e. The van der Waals surface area contributed by atoms with Gasteiger partial charge in [-0.1, -0.05) is 52.3 Å². The quantitative estimate of drug-likeness (QED) is 0.745. The number of benzene rings is 1. The molecule has 0 aromatic heterocycles. The molecule has 1 aromatic rings. The van der Waals surface area contributed by atoms with Crippen LogP contribution in [0.15, 0.2) is 24.3 Å². The summed E-state index contributed by atoms with van der Waals surface area (Å²) in [6, 6.07) is 7.50. The largest absolute Gasteiger partial charge is 0.274 e. The Morgan fingerprint density at radius 3 is 2.14 bits per heavy atom. The third-order valence-electron chi connectivity index (χ3n) is 2.92. The van der Waals surface area contributed by atoms with Crippen LogP contribution in [0.3, 0.4) is 0 Å². The van der Waals surface area contributed by atoms with E-state index in [0.717, 1.165) is 17.7 Å². The third-order valence-corrected chi connectivity index (χ3v) is 4.34. The number of hydrogen-bond donors (Lipinski definition) is 0. The molecule has 1 aromatic carbocycles. The molecule has 0 radical (unpaired) electrons. The zero-order chi connectivity index (χ0) is 17.1. The highest BCUT2D eigenvalue weighted by atomic mass is 32.2. The smallest absolute Gasteiger partial charge is 0.247 e. The third kappa shape index (κ3) is 5.48. The molecule has 0 aliphatic carbocycles. The number of hydrogen-bond acceptors (Lipinski definition) is 3. The Balaban J connectivity index is 0.00000102. The SMILES string of the molecule is CC.CC.CCCSC1CC(=O)N(c2ccc(C)cc2)C1=O. The molecular weight excluding hydrogens is 294 g/mol. The van der Waals surface area contributed by atoms with Crippen molar-refractivity contribution < 1.29 is 9.59 Å². The van der Waals surface area contributed by atoms with Gasteiger partial charge in [-0.25, -0.2) is 4.90 Å². The number of anilines is 1. The van der Waals surface area contributed by atoms with Gasteiger partial charge in [-0.3, -0.25) is 9.59 Å². The van der Waals surface area contributed by atoms with Crippen molar-refractivity contribution in [2.75, 3.05) is 10.7 Å². The van der Waals surface area contributed by atoms with E-state index < -0.39 is 0 Å². The molecule has 1 heterocycles. The predicted molar refractivity (Wildman–Crippen MR) is 97.5 cm³/mol. The number of imide groups is 1. The van der Waals surface area contributed by atoms with Gasteiger partial charge in [0, 0.05) is 6.42 Å². The number of carbonyl (C=O) groups is 2. The number of amides is 2. The fraction of sp³-hybridized carbons (Fsp3) is 0.556. The first-order valence-electron chi connectivity index (χ1n) is 8.18. The van der Waals surface area contributed by atoms with Gasteiger partial charge in [0.1, 0.15) is 0 Å². The summed E-state index contributed by atoms with van der Waals surface area (Å²) < 4.78 is 0. The van der Waals surface area contributed by atoms with Gasteiger partial charge in [-0.05, 0) is 31.2 Å². The van der Waals surface area contributed by atoms with Crippen LogP contribution in [0.25, 0.3) is 0 Å². The summed E-state index contributed by atoms with van der Waals surface area (Å²) in [4.78, 5) is 25.5. The first kappa shape index (κ1) is 20.7. The molecular formula is C18H29NO2S. The van der Waals surface area contributed by atoms with E-state index in [2.05, 4.69) is 6.92 Å². The maximum absolute atomic E-state index is 12.2. The average molecular weight is 324 g/mol. The molecule has 1 unspecified atom stereocenters. The van der Waals surface area contributed by atoms with Crippen LogP contribution < -0.4 is 4.90 Å². The second-order valence-electron chi connectivity index (χ2n) is 4.47. The average Bonchev–Trinajstić information content (AvgIpc) is 2.84. The molecule has 0 saturated carbocycles. The second-order valence-corrected chi connectivity index (χ2v) is 5.78. The van der Waals surface area contributed by atoms with Crippen molar-refractivity contribution in [1.29, 1.82) is 0 Å². The maximum atomic E-state index is 12.2. The van der Waals surface area contributed by atoms with Crippen LogP contribution in [0.2, 0.25) is 0 Å². The Kier molecular flexibility index (Phi) is 10.6. The minimum absolute atomic E-state index is 0.0673. The molecule has 1 fully saturated rings. The lowest BCUT2D eigenvalue weighted by atomic mass is 10.2. The lowest BCUT2D eigenvalue weighted by molar-refractivity contribution is -0.121. The van der Waals surface area contributed by atoms with Crippen molar-refractivity contribution in [3.63, 3.8) is 0 Å². The van der Waals surface area contributed by atoms with E-state index in [1.54, 1.807) is 11.8 Å². The van der Waals surface area contributed by atoms with Crippen LogP contribution in [0, 0.1) is 6.92 Å². The Bertz CT molecular complexity index is 457. The monoisotopic (exact) mass is 323 g/mol. The molecule has 0 spiro atoms. The Labute approximate surface area is 139 Å². The van der Waals surface area contributed by atoms with Gasteiger partial charge in [0.15, 0.2) is 0 Å². The summed E-state index contributed by atoms with van der Waals surface area (Å²) in [6.45, 7) is 12.1. The molecule has 2 rings (SSSR count). The van der Waals surface area contributed by atoms with Crippen molar-refractivity contribution in [2.24, 2.45) is 0 Å². The fourth-order valence-electron chi connectivity index (χ4n) is 1.96. The molecule has 1 saturated heterocycles. The first-order chi connectivity index (χ1) is 10.6. The van der Waals surface area contributed by atoms with Gasteiger partial charge < -0.3 is 0 Å². The van der Waals surface area contributed by atoms with E-state index >= 15 is 0 Å². The molecule has 1 aliphatic rings. The lowest BCUT2D eigenvalue weighted by Crippen LogP contribution is -2.31. The first-order valence-corrected chi connectivity index (χ1v) is 9.23.